The minimum atomic E-state index is 0.0344. The number of carbonyl (C=O) groups excluding carboxylic acids is 1. The van der Waals surface area contributed by atoms with Crippen LogP contribution in [0.1, 0.15) is 48.0 Å². The highest BCUT2D eigenvalue weighted by atomic mass is 16.1. The van der Waals surface area contributed by atoms with Crippen LogP contribution >= 0.6 is 0 Å². The molecule has 1 amide bonds. The number of hydrogen-bond donors (Lipinski definition) is 2. The molecule has 1 fully saturated rings. The zero-order valence-corrected chi connectivity index (χ0v) is 10.1. The van der Waals surface area contributed by atoms with Gasteiger partial charge in [0, 0.05) is 18.2 Å². The van der Waals surface area contributed by atoms with Gasteiger partial charge in [0.15, 0.2) is 0 Å². The Labute approximate surface area is 102 Å². The monoisotopic (exact) mass is 232 g/mol. The molecule has 3 heteroatoms. The first-order valence-electron chi connectivity index (χ1n) is 6.39. The van der Waals surface area contributed by atoms with Crippen LogP contribution in [0.2, 0.25) is 0 Å². The fraction of sp³-hybridized carbons (Fsp3) is 0.500. The Morgan fingerprint density at radius 3 is 2.76 bits per heavy atom. The maximum atomic E-state index is 12.0. The van der Waals surface area contributed by atoms with E-state index >= 15 is 0 Å². The predicted octanol–water partition coefficient (Wildman–Crippen LogP) is 2.21. The molecule has 0 bridgehead atoms. The third-order valence-corrected chi connectivity index (χ3v) is 3.37. The molecule has 1 aromatic carbocycles. The molecule has 1 aliphatic carbocycles. The van der Waals surface area contributed by atoms with Crippen molar-refractivity contribution >= 4 is 5.91 Å². The normalized spacial score (nSPS) is 16.8. The summed E-state index contributed by atoms with van der Waals surface area (Å²) in [7, 11) is 0. The summed E-state index contributed by atoms with van der Waals surface area (Å²) in [5, 5.41) is 3.11. The zero-order valence-electron chi connectivity index (χ0n) is 10.1. The van der Waals surface area contributed by atoms with E-state index in [4.69, 9.17) is 5.73 Å². The van der Waals surface area contributed by atoms with Gasteiger partial charge in [-0.15, -0.1) is 0 Å². The van der Waals surface area contributed by atoms with Crippen LogP contribution in [0.15, 0.2) is 24.3 Å². The minimum Gasteiger partial charge on any atom is -0.349 e. The van der Waals surface area contributed by atoms with Crippen molar-refractivity contribution in [3.05, 3.63) is 35.4 Å². The van der Waals surface area contributed by atoms with Gasteiger partial charge < -0.3 is 11.1 Å². The van der Waals surface area contributed by atoms with Crippen LogP contribution in [0.3, 0.4) is 0 Å². The molecule has 0 heterocycles. The van der Waals surface area contributed by atoms with Gasteiger partial charge in [-0.2, -0.15) is 0 Å². The highest BCUT2D eigenvalue weighted by Crippen LogP contribution is 2.18. The number of amides is 1. The number of nitrogens with two attached hydrogens (primary N) is 1. The van der Waals surface area contributed by atoms with Gasteiger partial charge in [0.1, 0.15) is 0 Å². The van der Waals surface area contributed by atoms with Crippen molar-refractivity contribution in [3.63, 3.8) is 0 Å². The van der Waals surface area contributed by atoms with Gasteiger partial charge in [0.2, 0.25) is 0 Å². The lowest BCUT2D eigenvalue weighted by atomic mass is 9.95. The summed E-state index contributed by atoms with van der Waals surface area (Å²) in [6.07, 6.45) is 5.99. The number of carbonyl (C=O) groups is 1. The number of hydrogen-bond acceptors (Lipinski definition) is 2. The van der Waals surface area contributed by atoms with Gasteiger partial charge in [0.05, 0.1) is 0 Å². The summed E-state index contributed by atoms with van der Waals surface area (Å²) in [6, 6.07) is 7.91. The molecule has 3 nitrogen and oxygen atoms in total. The molecule has 0 atom stereocenters. The molecular weight excluding hydrogens is 212 g/mol. The van der Waals surface area contributed by atoms with Gasteiger partial charge >= 0.3 is 0 Å². The Balaban J connectivity index is 1.98. The van der Waals surface area contributed by atoms with Crippen molar-refractivity contribution in [1.82, 2.24) is 5.32 Å². The Hall–Kier alpha value is -1.35. The Kier molecular flexibility index (Phi) is 4.15. The molecule has 2 rings (SSSR count). The van der Waals surface area contributed by atoms with Crippen LogP contribution in [0, 0.1) is 0 Å². The first-order chi connectivity index (χ1) is 8.29. The average Bonchev–Trinajstić information content (AvgIpc) is 2.40. The van der Waals surface area contributed by atoms with Crippen LogP contribution in [-0.2, 0) is 6.54 Å². The Bertz CT molecular complexity index is 384. The van der Waals surface area contributed by atoms with E-state index in [0.29, 0.717) is 12.6 Å². The topological polar surface area (TPSA) is 55.1 Å². The SMILES string of the molecule is NCc1cccc(C(=O)NC2CCCCC2)c1. The summed E-state index contributed by atoms with van der Waals surface area (Å²) >= 11 is 0. The lowest BCUT2D eigenvalue weighted by Gasteiger charge is -2.22. The fourth-order valence-corrected chi connectivity index (χ4v) is 2.36. The molecule has 0 aromatic heterocycles. The van der Waals surface area contributed by atoms with Gasteiger partial charge in [-0.25, -0.2) is 0 Å². The second-order valence-corrected chi connectivity index (χ2v) is 4.71. The van der Waals surface area contributed by atoms with Crippen LogP contribution in [0.5, 0.6) is 0 Å². The standard InChI is InChI=1S/C14H20N2O/c15-10-11-5-4-6-12(9-11)14(17)16-13-7-2-1-3-8-13/h4-6,9,13H,1-3,7-8,10,15H2,(H,16,17). The van der Waals surface area contributed by atoms with Gasteiger partial charge in [0.25, 0.3) is 5.91 Å². The summed E-state index contributed by atoms with van der Waals surface area (Å²) in [5.74, 6) is 0.0344. The molecule has 1 saturated carbocycles. The third-order valence-electron chi connectivity index (χ3n) is 3.37. The summed E-state index contributed by atoms with van der Waals surface area (Å²) in [5.41, 5.74) is 7.29. The molecule has 0 saturated heterocycles. The van der Waals surface area contributed by atoms with Crippen molar-refractivity contribution in [2.24, 2.45) is 5.73 Å². The van der Waals surface area contributed by atoms with Crippen molar-refractivity contribution in [2.45, 2.75) is 44.7 Å². The Morgan fingerprint density at radius 1 is 1.29 bits per heavy atom. The van der Waals surface area contributed by atoms with Crippen LogP contribution < -0.4 is 11.1 Å². The van der Waals surface area contributed by atoms with E-state index in [9.17, 15) is 4.79 Å². The third kappa shape index (κ3) is 3.30. The minimum absolute atomic E-state index is 0.0344. The predicted molar refractivity (Wildman–Crippen MR) is 68.7 cm³/mol. The molecule has 0 radical (unpaired) electrons. The summed E-state index contributed by atoms with van der Waals surface area (Å²) in [4.78, 5) is 12.0. The largest absolute Gasteiger partial charge is 0.349 e. The maximum absolute atomic E-state index is 12.0. The van der Waals surface area contributed by atoms with Crippen LogP contribution in [0.4, 0.5) is 0 Å². The van der Waals surface area contributed by atoms with Crippen molar-refractivity contribution in [3.8, 4) is 0 Å². The van der Waals surface area contributed by atoms with Gasteiger partial charge in [-0.05, 0) is 30.5 Å². The quantitative estimate of drug-likeness (QED) is 0.839. The second kappa shape index (κ2) is 5.82. The van der Waals surface area contributed by atoms with Crippen LogP contribution in [0.25, 0.3) is 0 Å². The van der Waals surface area contributed by atoms with Gasteiger partial charge in [-0.1, -0.05) is 31.4 Å². The molecule has 0 aliphatic heterocycles. The van der Waals surface area contributed by atoms with E-state index in [-0.39, 0.29) is 5.91 Å². The van der Waals surface area contributed by atoms with Crippen molar-refractivity contribution in [2.75, 3.05) is 0 Å². The molecule has 1 aromatic rings. The van der Waals surface area contributed by atoms with Crippen molar-refractivity contribution in [1.29, 1.82) is 0 Å². The van der Waals surface area contributed by atoms with Gasteiger partial charge in [-0.3, -0.25) is 4.79 Å². The van der Waals surface area contributed by atoms with E-state index in [1.165, 1.54) is 19.3 Å². The smallest absolute Gasteiger partial charge is 0.251 e. The Morgan fingerprint density at radius 2 is 2.06 bits per heavy atom. The average molecular weight is 232 g/mol. The molecule has 92 valence electrons. The highest BCUT2D eigenvalue weighted by molar-refractivity contribution is 5.94. The van der Waals surface area contributed by atoms with E-state index in [1.54, 1.807) is 0 Å². The van der Waals surface area contributed by atoms with Crippen LogP contribution in [-0.4, -0.2) is 11.9 Å². The van der Waals surface area contributed by atoms with E-state index in [0.717, 1.165) is 24.0 Å². The summed E-state index contributed by atoms with van der Waals surface area (Å²) in [6.45, 7) is 0.477. The van der Waals surface area contributed by atoms with E-state index in [1.807, 2.05) is 24.3 Å². The maximum Gasteiger partial charge on any atom is 0.251 e. The second-order valence-electron chi connectivity index (χ2n) is 4.71. The zero-order chi connectivity index (χ0) is 12.1. The lowest BCUT2D eigenvalue weighted by molar-refractivity contribution is 0.0927. The lowest BCUT2D eigenvalue weighted by Crippen LogP contribution is -2.36. The first-order valence-corrected chi connectivity index (χ1v) is 6.39. The van der Waals surface area contributed by atoms with E-state index < -0.39 is 0 Å². The molecule has 0 unspecified atom stereocenters. The highest BCUT2D eigenvalue weighted by Gasteiger charge is 2.16. The number of nitrogens with one attached hydrogen (secondary N) is 1. The first kappa shape index (κ1) is 12.1. The molecular formula is C14H20N2O. The molecule has 1 aliphatic rings. The molecule has 3 N–H and O–H groups in total. The number of rotatable bonds is 3. The fourth-order valence-electron chi connectivity index (χ4n) is 2.36. The summed E-state index contributed by atoms with van der Waals surface area (Å²) < 4.78 is 0. The van der Waals surface area contributed by atoms with E-state index in [2.05, 4.69) is 5.32 Å². The van der Waals surface area contributed by atoms with Crippen molar-refractivity contribution < 1.29 is 4.79 Å². The molecule has 0 spiro atoms. The number of benzene rings is 1. The molecule has 17 heavy (non-hydrogen) atoms.